The first-order chi connectivity index (χ1) is 9.55. The maximum absolute atomic E-state index is 12.7. The first kappa shape index (κ1) is 15.3. The van der Waals surface area contributed by atoms with Gasteiger partial charge in [-0.1, -0.05) is 13.3 Å². The molecule has 6 heteroatoms. The molecule has 114 valence electrons. The minimum atomic E-state index is -1.17. The van der Waals surface area contributed by atoms with Gasteiger partial charge in [-0.15, -0.1) is 0 Å². The molecule has 2 aliphatic heterocycles. The Morgan fingerprint density at radius 2 is 2.00 bits per heavy atom. The zero-order valence-electron chi connectivity index (χ0n) is 12.0. The molecule has 0 aromatic heterocycles. The van der Waals surface area contributed by atoms with E-state index in [0.717, 1.165) is 32.2 Å². The standard InChI is InChI=1S/C14H24N2O4/c1-2-4-13(5-3-8-15-13)11(17)16-14(12(18)19)6-9-20-10-7-14/h15H,2-10H2,1H3,(H,16,17)(H,18,19). The van der Waals surface area contributed by atoms with E-state index in [-0.39, 0.29) is 5.91 Å². The lowest BCUT2D eigenvalue weighted by molar-refractivity contribution is -0.153. The fraction of sp³-hybridized carbons (Fsp3) is 0.857. The van der Waals surface area contributed by atoms with Crippen molar-refractivity contribution in [1.29, 1.82) is 0 Å². The van der Waals surface area contributed by atoms with Crippen LogP contribution in [0.15, 0.2) is 0 Å². The molecule has 0 radical (unpaired) electrons. The van der Waals surface area contributed by atoms with E-state index in [1.165, 1.54) is 0 Å². The molecule has 0 aromatic rings. The van der Waals surface area contributed by atoms with Crippen LogP contribution in [0, 0.1) is 0 Å². The molecule has 6 nitrogen and oxygen atoms in total. The van der Waals surface area contributed by atoms with Gasteiger partial charge in [0.15, 0.2) is 0 Å². The number of nitrogens with one attached hydrogen (secondary N) is 2. The first-order valence-corrected chi connectivity index (χ1v) is 7.43. The highest BCUT2D eigenvalue weighted by atomic mass is 16.5. The van der Waals surface area contributed by atoms with Crippen LogP contribution in [-0.2, 0) is 14.3 Å². The molecule has 1 atom stereocenters. The molecular formula is C14H24N2O4. The van der Waals surface area contributed by atoms with Crippen LogP contribution in [0.25, 0.3) is 0 Å². The molecule has 2 heterocycles. The molecule has 1 amide bonds. The molecule has 0 aliphatic carbocycles. The predicted octanol–water partition coefficient (Wildman–Crippen LogP) is 0.659. The Labute approximate surface area is 119 Å². The highest BCUT2D eigenvalue weighted by molar-refractivity contribution is 5.92. The van der Waals surface area contributed by atoms with E-state index in [2.05, 4.69) is 10.6 Å². The van der Waals surface area contributed by atoms with Gasteiger partial charge in [0.1, 0.15) is 5.54 Å². The van der Waals surface area contributed by atoms with Crippen molar-refractivity contribution in [3.05, 3.63) is 0 Å². The first-order valence-electron chi connectivity index (χ1n) is 7.43. The molecule has 0 saturated carbocycles. The van der Waals surface area contributed by atoms with E-state index in [1.54, 1.807) is 0 Å². The second-order valence-corrected chi connectivity index (χ2v) is 5.82. The number of amides is 1. The zero-order valence-corrected chi connectivity index (χ0v) is 12.0. The van der Waals surface area contributed by atoms with Gasteiger partial charge in [0.25, 0.3) is 0 Å². The average Bonchev–Trinajstić information content (AvgIpc) is 2.90. The third-order valence-electron chi connectivity index (χ3n) is 4.46. The van der Waals surface area contributed by atoms with Crippen LogP contribution in [0.2, 0.25) is 0 Å². The van der Waals surface area contributed by atoms with Crippen LogP contribution < -0.4 is 10.6 Å². The van der Waals surface area contributed by atoms with Crippen LogP contribution in [0.1, 0.15) is 45.4 Å². The number of hydrogen-bond acceptors (Lipinski definition) is 4. The average molecular weight is 284 g/mol. The lowest BCUT2D eigenvalue weighted by Crippen LogP contribution is -2.64. The highest BCUT2D eigenvalue weighted by Crippen LogP contribution is 2.28. The maximum Gasteiger partial charge on any atom is 0.329 e. The summed E-state index contributed by atoms with van der Waals surface area (Å²) < 4.78 is 5.22. The van der Waals surface area contributed by atoms with Gasteiger partial charge in [-0.25, -0.2) is 4.79 Å². The Kier molecular flexibility index (Phi) is 4.65. The van der Waals surface area contributed by atoms with E-state index >= 15 is 0 Å². The van der Waals surface area contributed by atoms with Crippen molar-refractivity contribution in [3.8, 4) is 0 Å². The van der Waals surface area contributed by atoms with Crippen LogP contribution >= 0.6 is 0 Å². The monoisotopic (exact) mass is 284 g/mol. The molecule has 0 bridgehead atoms. The third-order valence-corrected chi connectivity index (χ3v) is 4.46. The van der Waals surface area contributed by atoms with Gasteiger partial charge in [-0.3, -0.25) is 4.79 Å². The lowest BCUT2D eigenvalue weighted by atomic mass is 9.85. The topological polar surface area (TPSA) is 87.7 Å². The zero-order chi connectivity index (χ0) is 14.6. The largest absolute Gasteiger partial charge is 0.480 e. The van der Waals surface area contributed by atoms with Gasteiger partial charge in [0.05, 0.1) is 5.54 Å². The SMILES string of the molecule is CCCC1(C(=O)NC2(C(=O)O)CCOCC2)CCCN1. The third kappa shape index (κ3) is 2.81. The molecule has 20 heavy (non-hydrogen) atoms. The summed E-state index contributed by atoms with van der Waals surface area (Å²) in [6.07, 6.45) is 4.02. The van der Waals surface area contributed by atoms with E-state index in [9.17, 15) is 14.7 Å². The fourth-order valence-electron chi connectivity index (χ4n) is 3.20. The van der Waals surface area contributed by atoms with Crippen molar-refractivity contribution < 1.29 is 19.4 Å². The smallest absolute Gasteiger partial charge is 0.329 e. The predicted molar refractivity (Wildman–Crippen MR) is 73.4 cm³/mol. The number of carboxylic acid groups (broad SMARTS) is 1. The van der Waals surface area contributed by atoms with Crippen LogP contribution in [0.3, 0.4) is 0 Å². The quantitative estimate of drug-likeness (QED) is 0.690. The molecule has 3 N–H and O–H groups in total. The molecule has 2 fully saturated rings. The van der Waals surface area contributed by atoms with Crippen molar-refractivity contribution in [2.24, 2.45) is 0 Å². The van der Waals surface area contributed by atoms with Gasteiger partial charge in [0.2, 0.25) is 5.91 Å². The second-order valence-electron chi connectivity index (χ2n) is 5.82. The normalized spacial score (nSPS) is 29.1. The summed E-state index contributed by atoms with van der Waals surface area (Å²) in [6, 6.07) is 0. The summed E-state index contributed by atoms with van der Waals surface area (Å²) in [5.41, 5.74) is -1.75. The van der Waals surface area contributed by atoms with Gasteiger partial charge >= 0.3 is 5.97 Å². The Morgan fingerprint density at radius 1 is 1.30 bits per heavy atom. The molecular weight excluding hydrogens is 260 g/mol. The highest BCUT2D eigenvalue weighted by Gasteiger charge is 2.47. The number of carbonyl (C=O) groups excluding carboxylic acids is 1. The van der Waals surface area contributed by atoms with E-state index in [4.69, 9.17) is 4.74 Å². The minimum absolute atomic E-state index is 0.166. The van der Waals surface area contributed by atoms with Crippen molar-refractivity contribution in [2.75, 3.05) is 19.8 Å². The summed E-state index contributed by atoms with van der Waals surface area (Å²) in [5, 5.41) is 15.6. The molecule has 1 unspecified atom stereocenters. The number of rotatable bonds is 5. The molecule has 0 aromatic carbocycles. The van der Waals surface area contributed by atoms with Crippen molar-refractivity contribution in [1.82, 2.24) is 10.6 Å². The summed E-state index contributed by atoms with van der Waals surface area (Å²) in [5.74, 6) is -1.13. The summed E-state index contributed by atoms with van der Waals surface area (Å²) in [4.78, 5) is 24.3. The van der Waals surface area contributed by atoms with Gasteiger partial charge in [-0.05, 0) is 25.8 Å². The fourth-order valence-corrected chi connectivity index (χ4v) is 3.20. The Balaban J connectivity index is 2.13. The maximum atomic E-state index is 12.7. The second kappa shape index (κ2) is 6.10. The van der Waals surface area contributed by atoms with Crippen molar-refractivity contribution in [2.45, 2.75) is 56.5 Å². The van der Waals surface area contributed by atoms with Crippen molar-refractivity contribution >= 4 is 11.9 Å². The van der Waals surface area contributed by atoms with E-state index in [1.807, 2.05) is 6.92 Å². The minimum Gasteiger partial charge on any atom is -0.480 e. The number of aliphatic carboxylic acids is 1. The summed E-state index contributed by atoms with van der Waals surface area (Å²) in [7, 11) is 0. The number of carbonyl (C=O) groups is 2. The number of ether oxygens (including phenoxy) is 1. The van der Waals surface area contributed by atoms with Gasteiger partial charge in [0, 0.05) is 26.1 Å². The molecule has 2 aliphatic rings. The van der Waals surface area contributed by atoms with Gasteiger partial charge in [-0.2, -0.15) is 0 Å². The van der Waals surface area contributed by atoms with Crippen LogP contribution in [0.5, 0.6) is 0 Å². The Bertz CT molecular complexity index is 371. The van der Waals surface area contributed by atoms with Gasteiger partial charge < -0.3 is 20.5 Å². The Hall–Kier alpha value is -1.14. The molecule has 0 spiro atoms. The van der Waals surface area contributed by atoms with Crippen LogP contribution in [-0.4, -0.2) is 47.8 Å². The van der Waals surface area contributed by atoms with Crippen molar-refractivity contribution in [3.63, 3.8) is 0 Å². The van der Waals surface area contributed by atoms with E-state index in [0.29, 0.717) is 26.1 Å². The van der Waals surface area contributed by atoms with E-state index < -0.39 is 17.0 Å². The molecule has 2 rings (SSSR count). The lowest BCUT2D eigenvalue weighted by Gasteiger charge is -2.38. The number of carboxylic acids is 1. The summed E-state index contributed by atoms with van der Waals surface area (Å²) in [6.45, 7) is 3.61. The van der Waals surface area contributed by atoms with Crippen LogP contribution in [0.4, 0.5) is 0 Å². The summed E-state index contributed by atoms with van der Waals surface area (Å²) >= 11 is 0. The number of hydrogen-bond donors (Lipinski definition) is 3. The Morgan fingerprint density at radius 3 is 2.50 bits per heavy atom. The molecule has 2 saturated heterocycles.